The summed E-state index contributed by atoms with van der Waals surface area (Å²) in [5.41, 5.74) is 0.715. The molecule has 0 fully saturated rings. The van der Waals surface area contributed by atoms with Crippen LogP contribution < -0.4 is 0 Å². The fraction of sp³-hybridized carbons (Fsp3) is 0.400. The first-order chi connectivity index (χ1) is 7.43. The van der Waals surface area contributed by atoms with Gasteiger partial charge in [0.15, 0.2) is 0 Å². The average Bonchev–Trinajstić information content (AvgIpc) is 2.26. The van der Waals surface area contributed by atoms with Gasteiger partial charge in [-0.15, -0.1) is 23.2 Å². The Morgan fingerprint density at radius 1 is 0.812 bits per heavy atom. The predicted octanol–water partition coefficient (Wildman–Crippen LogP) is 3.13. The van der Waals surface area contributed by atoms with Crippen molar-refractivity contribution in [3.63, 3.8) is 0 Å². The molecule has 0 aromatic rings. The van der Waals surface area contributed by atoms with Crippen molar-refractivity contribution in [2.75, 3.05) is 0 Å². The van der Waals surface area contributed by atoms with Crippen molar-refractivity contribution in [3.05, 3.63) is 21.2 Å². The molecule has 86 valence electrons. The SMILES string of the molecule is O=C1C(Cl)=C(Cl)C(=O)C2=C1C[C@H](Cl)[C@@H](Cl)C2. The zero-order valence-corrected chi connectivity index (χ0v) is 10.9. The predicted molar refractivity (Wildman–Crippen MR) is 64.3 cm³/mol. The van der Waals surface area contributed by atoms with Crippen molar-refractivity contribution < 1.29 is 9.59 Å². The highest BCUT2D eigenvalue weighted by atomic mass is 35.5. The normalized spacial score (nSPS) is 31.0. The first kappa shape index (κ1) is 12.4. The number of rotatable bonds is 0. The number of carbonyl (C=O) groups excluding carboxylic acids is 2. The van der Waals surface area contributed by atoms with Crippen LogP contribution in [0.3, 0.4) is 0 Å². The lowest BCUT2D eigenvalue weighted by Gasteiger charge is -2.28. The van der Waals surface area contributed by atoms with E-state index in [0.29, 0.717) is 11.1 Å². The molecule has 16 heavy (non-hydrogen) atoms. The van der Waals surface area contributed by atoms with Gasteiger partial charge in [-0.1, -0.05) is 23.2 Å². The van der Waals surface area contributed by atoms with Crippen LogP contribution in [0.5, 0.6) is 0 Å². The monoisotopic (exact) mass is 298 g/mol. The Labute approximate surface area is 112 Å². The number of allylic oxidation sites excluding steroid dienone is 4. The fourth-order valence-electron chi connectivity index (χ4n) is 1.82. The van der Waals surface area contributed by atoms with Crippen LogP contribution in [0.25, 0.3) is 0 Å². The van der Waals surface area contributed by atoms with Crippen molar-refractivity contribution in [1.29, 1.82) is 0 Å². The lowest BCUT2D eigenvalue weighted by Crippen LogP contribution is -2.31. The summed E-state index contributed by atoms with van der Waals surface area (Å²) >= 11 is 23.3. The summed E-state index contributed by atoms with van der Waals surface area (Å²) in [6.07, 6.45) is 0.520. The molecule has 2 atom stereocenters. The number of Topliss-reactive ketones (excluding diaryl/α,β-unsaturated/α-hetero) is 2. The van der Waals surface area contributed by atoms with E-state index in [0.717, 1.165) is 0 Å². The maximum atomic E-state index is 11.8. The van der Waals surface area contributed by atoms with Crippen LogP contribution in [-0.4, -0.2) is 22.3 Å². The van der Waals surface area contributed by atoms with Crippen molar-refractivity contribution in [2.45, 2.75) is 23.6 Å². The van der Waals surface area contributed by atoms with Gasteiger partial charge in [-0.25, -0.2) is 0 Å². The number of hydrogen-bond acceptors (Lipinski definition) is 2. The van der Waals surface area contributed by atoms with Gasteiger partial charge in [0.1, 0.15) is 10.1 Å². The van der Waals surface area contributed by atoms with Crippen molar-refractivity contribution in [2.24, 2.45) is 0 Å². The summed E-state index contributed by atoms with van der Waals surface area (Å²) in [5.74, 6) is -0.814. The summed E-state index contributed by atoms with van der Waals surface area (Å²) in [6, 6.07) is 0. The van der Waals surface area contributed by atoms with E-state index < -0.39 is 11.6 Å². The quantitative estimate of drug-likeness (QED) is 0.509. The second-order valence-electron chi connectivity index (χ2n) is 3.68. The number of alkyl halides is 2. The highest BCUT2D eigenvalue weighted by Crippen LogP contribution is 2.40. The minimum atomic E-state index is -0.407. The molecule has 2 aliphatic rings. The molecule has 6 heteroatoms. The topological polar surface area (TPSA) is 34.1 Å². The Hall–Kier alpha value is -0.0200. The molecule has 2 nitrogen and oxygen atoms in total. The molecule has 0 saturated carbocycles. The van der Waals surface area contributed by atoms with Crippen LogP contribution in [0.2, 0.25) is 0 Å². The van der Waals surface area contributed by atoms with E-state index in [2.05, 4.69) is 0 Å². The number of ketones is 2. The van der Waals surface area contributed by atoms with E-state index in [9.17, 15) is 9.59 Å². The van der Waals surface area contributed by atoms with Crippen molar-refractivity contribution >= 4 is 58.0 Å². The Bertz CT molecular complexity index is 410. The molecule has 0 bridgehead atoms. The molecule has 0 saturated heterocycles. The van der Waals surface area contributed by atoms with E-state index in [4.69, 9.17) is 46.4 Å². The molecular formula is C10H6Cl4O2. The van der Waals surface area contributed by atoms with Gasteiger partial charge in [0.25, 0.3) is 0 Å². The second kappa shape index (κ2) is 4.34. The minimum absolute atomic E-state index is 0.220. The van der Waals surface area contributed by atoms with Gasteiger partial charge >= 0.3 is 0 Å². The summed E-state index contributed by atoms with van der Waals surface area (Å²) in [7, 11) is 0. The molecule has 0 N–H and O–H groups in total. The van der Waals surface area contributed by atoms with Gasteiger partial charge in [0.2, 0.25) is 11.6 Å². The van der Waals surface area contributed by atoms with Gasteiger partial charge < -0.3 is 0 Å². The maximum absolute atomic E-state index is 11.8. The zero-order chi connectivity index (χ0) is 12.0. The first-order valence-electron chi connectivity index (χ1n) is 4.58. The van der Waals surface area contributed by atoms with Gasteiger partial charge in [-0.2, -0.15) is 0 Å². The van der Waals surface area contributed by atoms with Gasteiger partial charge in [-0.05, 0) is 12.8 Å². The molecule has 0 aromatic carbocycles. The Balaban J connectivity index is 2.48. The third-order valence-corrected chi connectivity index (χ3v) is 4.56. The molecule has 0 spiro atoms. The Kier molecular flexibility index (Phi) is 3.37. The number of hydrogen-bond donors (Lipinski definition) is 0. The van der Waals surface area contributed by atoms with Crippen LogP contribution >= 0.6 is 46.4 Å². The van der Waals surface area contributed by atoms with Gasteiger partial charge in [0, 0.05) is 11.1 Å². The molecule has 0 aliphatic heterocycles. The molecule has 2 rings (SSSR count). The maximum Gasteiger partial charge on any atom is 0.202 e. The molecule has 0 unspecified atom stereocenters. The van der Waals surface area contributed by atoms with Gasteiger partial charge in [0.05, 0.1) is 10.8 Å². The number of carbonyl (C=O) groups is 2. The van der Waals surface area contributed by atoms with Crippen LogP contribution in [0, 0.1) is 0 Å². The van der Waals surface area contributed by atoms with Crippen LogP contribution in [0.4, 0.5) is 0 Å². The van der Waals surface area contributed by atoms with Crippen molar-refractivity contribution in [3.8, 4) is 0 Å². The lowest BCUT2D eigenvalue weighted by molar-refractivity contribution is -0.116. The van der Waals surface area contributed by atoms with E-state index in [1.54, 1.807) is 0 Å². The summed E-state index contributed by atoms with van der Waals surface area (Å²) in [4.78, 5) is 23.6. The molecular weight excluding hydrogens is 294 g/mol. The molecule has 0 aromatic heterocycles. The summed E-state index contributed by atoms with van der Waals surface area (Å²) in [6.45, 7) is 0. The largest absolute Gasteiger partial charge is 0.288 e. The average molecular weight is 300 g/mol. The second-order valence-corrected chi connectivity index (χ2v) is 5.56. The van der Waals surface area contributed by atoms with E-state index in [1.807, 2.05) is 0 Å². The zero-order valence-electron chi connectivity index (χ0n) is 7.90. The Morgan fingerprint density at radius 2 is 1.12 bits per heavy atom. The standard InChI is InChI=1S/C10H6Cl4O2/c11-5-1-3-4(2-6(5)12)10(16)8(14)7(13)9(3)15/h5-6H,1-2H2/t5-,6-/m0/s1. The summed E-state index contributed by atoms with van der Waals surface area (Å²) in [5, 5.41) is -1.17. The molecule has 0 heterocycles. The number of halogens is 4. The first-order valence-corrected chi connectivity index (χ1v) is 6.21. The van der Waals surface area contributed by atoms with Crippen molar-refractivity contribution in [1.82, 2.24) is 0 Å². The Morgan fingerprint density at radius 3 is 1.44 bits per heavy atom. The molecule has 2 aliphatic carbocycles. The third-order valence-electron chi connectivity index (χ3n) is 2.69. The summed E-state index contributed by atoms with van der Waals surface area (Å²) < 4.78 is 0. The highest BCUT2D eigenvalue weighted by Gasteiger charge is 2.39. The third kappa shape index (κ3) is 1.82. The minimum Gasteiger partial charge on any atom is -0.288 e. The highest BCUT2D eigenvalue weighted by molar-refractivity contribution is 6.59. The van der Waals surface area contributed by atoms with Crippen LogP contribution in [-0.2, 0) is 9.59 Å². The molecule has 0 radical (unpaired) electrons. The van der Waals surface area contributed by atoms with Gasteiger partial charge in [-0.3, -0.25) is 9.59 Å². The van der Waals surface area contributed by atoms with E-state index in [-0.39, 0.29) is 33.7 Å². The van der Waals surface area contributed by atoms with E-state index in [1.165, 1.54) is 0 Å². The van der Waals surface area contributed by atoms with Crippen LogP contribution in [0.15, 0.2) is 21.2 Å². The van der Waals surface area contributed by atoms with Crippen LogP contribution in [0.1, 0.15) is 12.8 Å². The van der Waals surface area contributed by atoms with E-state index >= 15 is 0 Å². The smallest absolute Gasteiger partial charge is 0.202 e. The molecule has 0 amide bonds. The fourth-order valence-corrected chi connectivity index (χ4v) is 2.70. The lowest BCUT2D eigenvalue weighted by atomic mass is 9.83.